The van der Waals surface area contributed by atoms with Crippen LogP contribution in [0.25, 0.3) is 0 Å². The molecule has 2 bridgehead atoms. The molecule has 25 heavy (non-hydrogen) atoms. The lowest BCUT2D eigenvalue weighted by atomic mass is 9.55. The molecule has 5 rings (SSSR count). The summed E-state index contributed by atoms with van der Waals surface area (Å²) in [5.41, 5.74) is 2.68. The van der Waals surface area contributed by atoms with Crippen LogP contribution >= 0.6 is 11.6 Å². The molecule has 2 aromatic carbocycles. The molecule has 2 aromatic rings. The van der Waals surface area contributed by atoms with E-state index in [1.54, 1.807) is 0 Å². The predicted octanol–water partition coefficient (Wildman–Crippen LogP) is 3.07. The van der Waals surface area contributed by atoms with Gasteiger partial charge >= 0.3 is 5.97 Å². The zero-order valence-corrected chi connectivity index (χ0v) is 14.8. The number of esters is 1. The van der Waals surface area contributed by atoms with E-state index in [2.05, 4.69) is 5.32 Å². The van der Waals surface area contributed by atoms with E-state index in [0.717, 1.165) is 22.3 Å². The van der Waals surface area contributed by atoms with Crippen LogP contribution in [0.1, 0.15) is 41.5 Å². The number of carbonyl (C=O) groups is 2. The largest absolute Gasteiger partial charge is 0.467 e. The Bertz CT molecular complexity index is 847. The fourth-order valence-corrected chi connectivity index (χ4v) is 5.15. The number of halogens is 1. The average molecular weight is 356 g/mol. The molecule has 1 atom stereocenters. The van der Waals surface area contributed by atoms with Gasteiger partial charge in [-0.25, -0.2) is 4.79 Å². The minimum atomic E-state index is -1.22. The van der Waals surface area contributed by atoms with Crippen molar-refractivity contribution in [1.82, 2.24) is 5.32 Å². The van der Waals surface area contributed by atoms with E-state index in [1.807, 2.05) is 48.5 Å². The van der Waals surface area contributed by atoms with Crippen molar-refractivity contribution >= 4 is 23.5 Å². The zero-order valence-electron chi connectivity index (χ0n) is 14.0. The van der Waals surface area contributed by atoms with Crippen LogP contribution in [0.3, 0.4) is 0 Å². The van der Waals surface area contributed by atoms with E-state index < -0.39 is 16.4 Å². The van der Waals surface area contributed by atoms with Gasteiger partial charge in [0.25, 0.3) is 0 Å². The first-order chi connectivity index (χ1) is 11.9. The summed E-state index contributed by atoms with van der Waals surface area (Å²) in [6, 6.07) is 15.7. The number of rotatable bonds is 2. The van der Waals surface area contributed by atoms with Crippen molar-refractivity contribution in [2.75, 3.05) is 7.11 Å². The second-order valence-electron chi connectivity index (χ2n) is 6.73. The molecule has 1 N–H and O–H groups in total. The van der Waals surface area contributed by atoms with Crippen molar-refractivity contribution in [3.63, 3.8) is 0 Å². The van der Waals surface area contributed by atoms with Gasteiger partial charge in [-0.05, 0) is 22.3 Å². The molecule has 128 valence electrons. The number of ether oxygens (including phenoxy) is 1. The summed E-state index contributed by atoms with van der Waals surface area (Å²) in [6.45, 7) is 1.41. The molecule has 0 saturated carbocycles. The molecular weight excluding hydrogens is 338 g/mol. The highest BCUT2D eigenvalue weighted by Crippen LogP contribution is 2.62. The molecule has 0 aliphatic heterocycles. The Labute approximate surface area is 151 Å². The zero-order chi connectivity index (χ0) is 17.8. The minimum Gasteiger partial charge on any atom is -0.467 e. The summed E-state index contributed by atoms with van der Waals surface area (Å²) < 4.78 is 5.11. The van der Waals surface area contributed by atoms with Crippen LogP contribution in [0, 0.1) is 0 Å². The predicted molar refractivity (Wildman–Crippen MR) is 94.5 cm³/mol. The monoisotopic (exact) mass is 355 g/mol. The fourth-order valence-electron chi connectivity index (χ4n) is 4.59. The third-order valence-electron chi connectivity index (χ3n) is 5.36. The third kappa shape index (κ3) is 2.00. The van der Waals surface area contributed by atoms with Gasteiger partial charge in [0.1, 0.15) is 0 Å². The molecule has 0 spiro atoms. The maximum absolute atomic E-state index is 12.9. The number of hydrogen-bond acceptors (Lipinski definition) is 3. The van der Waals surface area contributed by atoms with Gasteiger partial charge in [-0.2, -0.15) is 0 Å². The highest BCUT2D eigenvalue weighted by Gasteiger charge is 2.63. The van der Waals surface area contributed by atoms with E-state index in [1.165, 1.54) is 14.0 Å². The highest BCUT2D eigenvalue weighted by atomic mass is 35.5. The van der Waals surface area contributed by atoms with Crippen molar-refractivity contribution < 1.29 is 14.3 Å². The molecule has 0 heterocycles. The summed E-state index contributed by atoms with van der Waals surface area (Å²) in [5.74, 6) is -1.09. The molecule has 0 fully saturated rings. The quantitative estimate of drug-likeness (QED) is 0.665. The molecule has 5 heteroatoms. The number of nitrogens with one attached hydrogen (secondary N) is 1. The Morgan fingerprint density at radius 3 is 2.08 bits per heavy atom. The summed E-state index contributed by atoms with van der Waals surface area (Å²) >= 11 is 7.17. The molecular formula is C20H18ClNO3. The average Bonchev–Trinajstić information content (AvgIpc) is 2.60. The number of alkyl halides is 1. The lowest BCUT2D eigenvalue weighted by Gasteiger charge is -2.55. The van der Waals surface area contributed by atoms with Gasteiger partial charge in [0, 0.05) is 19.3 Å². The van der Waals surface area contributed by atoms with Gasteiger partial charge in [-0.1, -0.05) is 48.5 Å². The molecule has 1 unspecified atom stereocenters. The van der Waals surface area contributed by atoms with E-state index in [0.29, 0.717) is 0 Å². The lowest BCUT2D eigenvalue weighted by molar-refractivity contribution is -0.153. The van der Waals surface area contributed by atoms with E-state index in [9.17, 15) is 9.59 Å². The Morgan fingerprint density at radius 2 is 1.60 bits per heavy atom. The molecule has 0 radical (unpaired) electrons. The third-order valence-corrected chi connectivity index (χ3v) is 5.90. The minimum absolute atomic E-state index is 0.256. The maximum Gasteiger partial charge on any atom is 0.332 e. The number of benzene rings is 2. The van der Waals surface area contributed by atoms with Crippen LogP contribution in [-0.2, 0) is 19.2 Å². The lowest BCUT2D eigenvalue weighted by Crippen LogP contribution is -2.65. The second-order valence-corrected chi connectivity index (χ2v) is 7.37. The Hall–Kier alpha value is -2.33. The van der Waals surface area contributed by atoms with Crippen LogP contribution in [-0.4, -0.2) is 24.5 Å². The number of hydrogen-bond donors (Lipinski definition) is 1. The normalized spacial score (nSPS) is 28.7. The van der Waals surface area contributed by atoms with Gasteiger partial charge in [0.05, 0.1) is 12.0 Å². The standard InChI is InChI=1S/C20H18ClNO3/c1-12(23)22-20(18(24)25-2)11-19(21)15-9-5-3-7-13(15)17(20)14-8-4-6-10-16(14)19/h3-10,17H,11H2,1-2H3,(H,22,23). The van der Waals surface area contributed by atoms with E-state index in [-0.39, 0.29) is 18.2 Å². The van der Waals surface area contributed by atoms with Crippen LogP contribution in [0.4, 0.5) is 0 Å². The van der Waals surface area contributed by atoms with Crippen LogP contribution < -0.4 is 5.32 Å². The Morgan fingerprint density at radius 1 is 1.08 bits per heavy atom. The molecule has 4 nitrogen and oxygen atoms in total. The Kier molecular flexibility index (Phi) is 3.45. The van der Waals surface area contributed by atoms with Crippen molar-refractivity contribution in [1.29, 1.82) is 0 Å². The first-order valence-electron chi connectivity index (χ1n) is 8.19. The summed E-state index contributed by atoms with van der Waals surface area (Å²) in [6.07, 6.45) is 0.256. The van der Waals surface area contributed by atoms with E-state index in [4.69, 9.17) is 16.3 Å². The highest BCUT2D eigenvalue weighted by molar-refractivity contribution is 6.27. The van der Waals surface area contributed by atoms with Gasteiger partial charge in [0.15, 0.2) is 5.54 Å². The Balaban J connectivity index is 2.07. The van der Waals surface area contributed by atoms with Gasteiger partial charge in [-0.3, -0.25) is 4.79 Å². The first kappa shape index (κ1) is 16.2. The SMILES string of the molecule is COC(=O)C1(NC(C)=O)CC2(Cl)c3ccccc3C1c1ccccc12. The van der Waals surface area contributed by atoms with Crippen LogP contribution in [0.5, 0.6) is 0 Å². The molecule has 3 aliphatic rings. The van der Waals surface area contributed by atoms with Crippen molar-refractivity contribution in [2.24, 2.45) is 0 Å². The van der Waals surface area contributed by atoms with Crippen LogP contribution in [0.2, 0.25) is 0 Å². The fraction of sp³-hybridized carbons (Fsp3) is 0.300. The van der Waals surface area contributed by atoms with Crippen molar-refractivity contribution in [3.05, 3.63) is 70.8 Å². The molecule has 0 saturated heterocycles. The van der Waals surface area contributed by atoms with Crippen molar-refractivity contribution in [3.8, 4) is 0 Å². The van der Waals surface area contributed by atoms with Gasteiger partial charge in [-0.15, -0.1) is 11.6 Å². The molecule has 1 amide bonds. The molecule has 0 aromatic heterocycles. The van der Waals surface area contributed by atoms with E-state index >= 15 is 0 Å². The van der Waals surface area contributed by atoms with Crippen LogP contribution in [0.15, 0.2) is 48.5 Å². The second kappa shape index (κ2) is 5.33. The number of methoxy groups -OCH3 is 1. The summed E-state index contributed by atoms with van der Waals surface area (Å²) in [7, 11) is 1.34. The number of carbonyl (C=O) groups excluding carboxylic acids is 2. The first-order valence-corrected chi connectivity index (χ1v) is 8.57. The summed E-state index contributed by atoms with van der Waals surface area (Å²) in [5, 5.41) is 2.89. The molecule has 3 aliphatic carbocycles. The maximum atomic E-state index is 12.9. The van der Waals surface area contributed by atoms with Crippen molar-refractivity contribution in [2.45, 2.75) is 29.7 Å². The number of fused-ring (bicyclic) bond motifs is 1. The van der Waals surface area contributed by atoms with Gasteiger partial charge in [0.2, 0.25) is 5.91 Å². The number of amides is 1. The topological polar surface area (TPSA) is 55.4 Å². The summed E-state index contributed by atoms with van der Waals surface area (Å²) in [4.78, 5) is 24.0. The smallest absolute Gasteiger partial charge is 0.332 e. The van der Waals surface area contributed by atoms with Gasteiger partial charge < -0.3 is 10.1 Å².